The SMILES string of the molecule is CCC1(C(=O)N2CCc3ccccc32)CCNC1. The van der Waals surface area contributed by atoms with Crippen molar-refractivity contribution in [1.82, 2.24) is 5.32 Å². The van der Waals surface area contributed by atoms with Gasteiger partial charge in [-0.1, -0.05) is 25.1 Å². The minimum absolute atomic E-state index is 0.169. The maximum absolute atomic E-state index is 12.8. The number of anilines is 1. The van der Waals surface area contributed by atoms with E-state index < -0.39 is 0 Å². The van der Waals surface area contributed by atoms with Gasteiger partial charge in [0.2, 0.25) is 5.91 Å². The summed E-state index contributed by atoms with van der Waals surface area (Å²) in [4.78, 5) is 14.9. The van der Waals surface area contributed by atoms with Crippen molar-refractivity contribution in [3.05, 3.63) is 29.8 Å². The molecule has 2 aliphatic heterocycles. The molecule has 3 heteroatoms. The molecule has 1 amide bonds. The van der Waals surface area contributed by atoms with E-state index in [-0.39, 0.29) is 5.41 Å². The van der Waals surface area contributed by atoms with E-state index in [2.05, 4.69) is 30.4 Å². The maximum Gasteiger partial charge on any atom is 0.234 e. The molecule has 3 nitrogen and oxygen atoms in total. The second-order valence-corrected chi connectivity index (χ2v) is 5.40. The van der Waals surface area contributed by atoms with Crippen molar-refractivity contribution in [1.29, 1.82) is 0 Å². The van der Waals surface area contributed by atoms with Crippen LogP contribution in [0, 0.1) is 5.41 Å². The van der Waals surface area contributed by atoms with E-state index in [1.54, 1.807) is 0 Å². The highest BCUT2D eigenvalue weighted by Gasteiger charge is 2.43. The van der Waals surface area contributed by atoms with Gasteiger partial charge in [-0.2, -0.15) is 0 Å². The van der Waals surface area contributed by atoms with Crippen molar-refractivity contribution >= 4 is 11.6 Å². The molecule has 0 aliphatic carbocycles. The number of carbonyl (C=O) groups excluding carboxylic acids is 1. The largest absolute Gasteiger partial charge is 0.316 e. The molecule has 0 bridgehead atoms. The van der Waals surface area contributed by atoms with Gasteiger partial charge >= 0.3 is 0 Å². The van der Waals surface area contributed by atoms with E-state index in [1.165, 1.54) is 5.56 Å². The molecular weight excluding hydrogens is 224 g/mol. The Labute approximate surface area is 108 Å². The first-order valence-corrected chi connectivity index (χ1v) is 6.87. The quantitative estimate of drug-likeness (QED) is 0.862. The van der Waals surface area contributed by atoms with E-state index in [0.717, 1.165) is 44.6 Å². The Bertz CT molecular complexity index is 463. The van der Waals surface area contributed by atoms with Gasteiger partial charge in [0.15, 0.2) is 0 Å². The molecule has 2 aliphatic rings. The molecule has 0 saturated carbocycles. The van der Waals surface area contributed by atoms with Crippen LogP contribution in [-0.2, 0) is 11.2 Å². The smallest absolute Gasteiger partial charge is 0.234 e. The standard InChI is InChI=1S/C15H20N2O/c1-2-15(8-9-16-11-15)14(18)17-10-7-12-5-3-4-6-13(12)17/h3-6,16H,2,7-11H2,1H3. The normalized spacial score (nSPS) is 26.4. The molecular formula is C15H20N2O. The maximum atomic E-state index is 12.8. The van der Waals surface area contributed by atoms with Gasteiger partial charge in [0.1, 0.15) is 0 Å². The van der Waals surface area contributed by atoms with Crippen LogP contribution in [0.3, 0.4) is 0 Å². The number of rotatable bonds is 2. The van der Waals surface area contributed by atoms with Crippen molar-refractivity contribution < 1.29 is 4.79 Å². The van der Waals surface area contributed by atoms with Crippen molar-refractivity contribution in [3.8, 4) is 0 Å². The Morgan fingerprint density at radius 3 is 3.00 bits per heavy atom. The minimum atomic E-state index is -0.169. The van der Waals surface area contributed by atoms with E-state index in [1.807, 2.05) is 11.0 Å². The summed E-state index contributed by atoms with van der Waals surface area (Å²) < 4.78 is 0. The Balaban J connectivity index is 1.90. The Morgan fingerprint density at radius 1 is 1.44 bits per heavy atom. The topological polar surface area (TPSA) is 32.3 Å². The van der Waals surface area contributed by atoms with Crippen molar-refractivity contribution in [2.75, 3.05) is 24.5 Å². The number of fused-ring (bicyclic) bond motifs is 1. The summed E-state index contributed by atoms with van der Waals surface area (Å²) >= 11 is 0. The average Bonchev–Trinajstić information content (AvgIpc) is 3.05. The number of benzene rings is 1. The summed E-state index contributed by atoms with van der Waals surface area (Å²) in [6.45, 7) is 4.78. The summed E-state index contributed by atoms with van der Waals surface area (Å²) in [7, 11) is 0. The van der Waals surface area contributed by atoms with Gasteiger partial charge < -0.3 is 10.2 Å². The van der Waals surface area contributed by atoms with Crippen LogP contribution in [0.15, 0.2) is 24.3 Å². The zero-order chi connectivity index (χ0) is 12.6. The summed E-state index contributed by atoms with van der Waals surface area (Å²) in [5, 5.41) is 3.34. The Morgan fingerprint density at radius 2 is 2.28 bits per heavy atom. The van der Waals surface area contributed by atoms with Crippen LogP contribution in [0.2, 0.25) is 0 Å². The summed E-state index contributed by atoms with van der Waals surface area (Å²) in [6, 6.07) is 8.29. The molecule has 1 unspecified atom stereocenters. The molecule has 1 saturated heterocycles. The average molecular weight is 244 g/mol. The molecule has 0 spiro atoms. The van der Waals surface area contributed by atoms with E-state index >= 15 is 0 Å². The molecule has 0 radical (unpaired) electrons. The molecule has 1 aromatic rings. The predicted molar refractivity (Wildman–Crippen MR) is 72.7 cm³/mol. The fourth-order valence-corrected chi connectivity index (χ4v) is 3.21. The third kappa shape index (κ3) is 1.65. The van der Waals surface area contributed by atoms with Crippen LogP contribution in [0.4, 0.5) is 5.69 Å². The molecule has 1 N–H and O–H groups in total. The lowest BCUT2D eigenvalue weighted by molar-refractivity contribution is -0.127. The zero-order valence-corrected chi connectivity index (χ0v) is 10.9. The number of carbonyl (C=O) groups is 1. The minimum Gasteiger partial charge on any atom is -0.316 e. The van der Waals surface area contributed by atoms with Gasteiger partial charge in [-0.3, -0.25) is 4.79 Å². The summed E-state index contributed by atoms with van der Waals surface area (Å²) in [5.41, 5.74) is 2.27. The fourth-order valence-electron chi connectivity index (χ4n) is 3.21. The number of hydrogen-bond donors (Lipinski definition) is 1. The molecule has 1 aromatic carbocycles. The number of nitrogens with zero attached hydrogens (tertiary/aromatic N) is 1. The van der Waals surface area contributed by atoms with Crippen LogP contribution in [0.25, 0.3) is 0 Å². The number of para-hydroxylation sites is 1. The Hall–Kier alpha value is -1.35. The third-order valence-electron chi connectivity index (χ3n) is 4.51. The monoisotopic (exact) mass is 244 g/mol. The van der Waals surface area contributed by atoms with Crippen LogP contribution < -0.4 is 10.2 Å². The van der Waals surface area contributed by atoms with Crippen molar-refractivity contribution in [2.24, 2.45) is 5.41 Å². The second-order valence-electron chi connectivity index (χ2n) is 5.40. The van der Waals surface area contributed by atoms with Crippen LogP contribution in [-0.4, -0.2) is 25.5 Å². The van der Waals surface area contributed by atoms with E-state index in [4.69, 9.17) is 0 Å². The summed E-state index contributed by atoms with van der Waals surface area (Å²) in [5.74, 6) is 0.319. The van der Waals surface area contributed by atoms with Crippen molar-refractivity contribution in [3.63, 3.8) is 0 Å². The molecule has 1 atom stereocenters. The van der Waals surface area contributed by atoms with Crippen LogP contribution >= 0.6 is 0 Å². The first kappa shape index (κ1) is 11.7. The third-order valence-corrected chi connectivity index (χ3v) is 4.51. The molecule has 96 valence electrons. The van der Waals surface area contributed by atoms with E-state index in [9.17, 15) is 4.79 Å². The number of hydrogen-bond acceptors (Lipinski definition) is 2. The lowest BCUT2D eigenvalue weighted by atomic mass is 9.82. The highest BCUT2D eigenvalue weighted by atomic mass is 16.2. The summed E-state index contributed by atoms with van der Waals surface area (Å²) in [6.07, 6.45) is 2.90. The zero-order valence-electron chi connectivity index (χ0n) is 10.9. The molecule has 0 aromatic heterocycles. The van der Waals surface area contributed by atoms with E-state index in [0.29, 0.717) is 5.91 Å². The number of nitrogens with one attached hydrogen (secondary N) is 1. The van der Waals surface area contributed by atoms with Gasteiger partial charge in [0.05, 0.1) is 5.41 Å². The lowest BCUT2D eigenvalue weighted by Crippen LogP contribution is -2.44. The fraction of sp³-hybridized carbons (Fsp3) is 0.533. The van der Waals surface area contributed by atoms with Crippen molar-refractivity contribution in [2.45, 2.75) is 26.2 Å². The first-order valence-electron chi connectivity index (χ1n) is 6.87. The highest BCUT2D eigenvalue weighted by molar-refractivity contribution is 5.99. The van der Waals surface area contributed by atoms with Crippen LogP contribution in [0.1, 0.15) is 25.3 Å². The molecule has 2 heterocycles. The second kappa shape index (κ2) is 4.39. The van der Waals surface area contributed by atoms with Crippen LogP contribution in [0.5, 0.6) is 0 Å². The molecule has 18 heavy (non-hydrogen) atoms. The van der Waals surface area contributed by atoms with Gasteiger partial charge in [-0.15, -0.1) is 0 Å². The number of amides is 1. The van der Waals surface area contributed by atoms with Gasteiger partial charge in [0, 0.05) is 18.8 Å². The lowest BCUT2D eigenvalue weighted by Gasteiger charge is -2.31. The predicted octanol–water partition coefficient (Wildman–Crippen LogP) is 1.97. The van der Waals surface area contributed by atoms with Gasteiger partial charge in [-0.05, 0) is 37.4 Å². The molecule has 1 fully saturated rings. The first-order chi connectivity index (χ1) is 8.77. The highest BCUT2D eigenvalue weighted by Crippen LogP contribution is 2.36. The Kier molecular flexibility index (Phi) is 2.86. The van der Waals surface area contributed by atoms with Gasteiger partial charge in [0.25, 0.3) is 0 Å². The molecule has 3 rings (SSSR count). The van der Waals surface area contributed by atoms with Gasteiger partial charge in [-0.25, -0.2) is 0 Å².